The average Bonchev–Trinajstić information content (AvgIpc) is 2.76. The predicted molar refractivity (Wildman–Crippen MR) is 118 cm³/mol. The van der Waals surface area contributed by atoms with Crippen LogP contribution in [-0.2, 0) is 0 Å². The second-order valence-corrected chi connectivity index (χ2v) is 9.52. The summed E-state index contributed by atoms with van der Waals surface area (Å²) in [7, 11) is 0. The molecule has 2 aliphatic carbocycles. The quantitative estimate of drug-likeness (QED) is 0.399. The van der Waals surface area contributed by atoms with Crippen LogP contribution in [0.2, 0.25) is 5.02 Å². The molecule has 3 rings (SSSR count). The van der Waals surface area contributed by atoms with Crippen LogP contribution in [0.25, 0.3) is 0 Å². The van der Waals surface area contributed by atoms with Crippen LogP contribution in [0.1, 0.15) is 84.5 Å². The highest BCUT2D eigenvalue weighted by molar-refractivity contribution is 6.32. The van der Waals surface area contributed by atoms with Crippen molar-refractivity contribution in [2.24, 2.45) is 23.7 Å². The van der Waals surface area contributed by atoms with E-state index < -0.39 is 5.82 Å². The molecule has 0 spiro atoms. The standard InChI is InChI=1S/C25H38ClFO2/c1-3-5-6-18-7-11-20(12-8-18)21-13-9-19(10-14-21)17-29-23-16-15-22(28-4-2)24(26)25(23)27/h15-16,18-21H,3-14,17H2,1-2H3. The fourth-order valence-corrected chi connectivity index (χ4v) is 5.58. The van der Waals surface area contributed by atoms with Gasteiger partial charge in [-0.25, -0.2) is 4.39 Å². The minimum absolute atomic E-state index is 0.0163. The molecule has 4 heteroatoms. The van der Waals surface area contributed by atoms with Gasteiger partial charge >= 0.3 is 0 Å². The van der Waals surface area contributed by atoms with E-state index in [9.17, 15) is 4.39 Å². The van der Waals surface area contributed by atoms with E-state index in [0.717, 1.165) is 17.8 Å². The molecule has 2 saturated carbocycles. The van der Waals surface area contributed by atoms with Crippen LogP contribution in [0.4, 0.5) is 4.39 Å². The van der Waals surface area contributed by atoms with E-state index in [0.29, 0.717) is 24.9 Å². The van der Waals surface area contributed by atoms with Crippen molar-refractivity contribution in [3.05, 3.63) is 23.0 Å². The number of halogens is 2. The Morgan fingerprint density at radius 1 is 0.862 bits per heavy atom. The van der Waals surface area contributed by atoms with Crippen molar-refractivity contribution in [1.82, 2.24) is 0 Å². The Balaban J connectivity index is 1.40. The van der Waals surface area contributed by atoms with Crippen molar-refractivity contribution in [1.29, 1.82) is 0 Å². The lowest BCUT2D eigenvalue weighted by Crippen LogP contribution is -2.27. The molecule has 29 heavy (non-hydrogen) atoms. The lowest BCUT2D eigenvalue weighted by Gasteiger charge is -2.38. The zero-order valence-corrected chi connectivity index (χ0v) is 19.0. The molecule has 2 aliphatic rings. The Kier molecular flexibility index (Phi) is 8.96. The van der Waals surface area contributed by atoms with E-state index >= 15 is 0 Å². The summed E-state index contributed by atoms with van der Waals surface area (Å²) in [5.74, 6) is 3.47. The maximum atomic E-state index is 14.4. The summed E-state index contributed by atoms with van der Waals surface area (Å²) < 4.78 is 25.6. The van der Waals surface area contributed by atoms with E-state index in [1.54, 1.807) is 12.1 Å². The van der Waals surface area contributed by atoms with Crippen LogP contribution >= 0.6 is 11.6 Å². The fourth-order valence-electron chi connectivity index (χ4n) is 5.37. The van der Waals surface area contributed by atoms with Crippen LogP contribution in [0, 0.1) is 29.5 Å². The van der Waals surface area contributed by atoms with Gasteiger partial charge in [0.15, 0.2) is 11.6 Å². The summed E-state index contributed by atoms with van der Waals surface area (Å²) in [5, 5.41) is 0.0163. The summed E-state index contributed by atoms with van der Waals surface area (Å²) >= 11 is 6.06. The lowest BCUT2D eigenvalue weighted by molar-refractivity contribution is 0.120. The third-order valence-electron chi connectivity index (χ3n) is 7.20. The SMILES string of the molecule is CCCCC1CCC(C2CCC(COc3ccc(OCC)c(Cl)c3F)CC2)CC1. The second kappa shape index (κ2) is 11.4. The molecule has 0 aromatic heterocycles. The maximum Gasteiger partial charge on any atom is 0.187 e. The molecule has 0 unspecified atom stereocenters. The molecule has 0 N–H and O–H groups in total. The minimum Gasteiger partial charge on any atom is -0.492 e. The van der Waals surface area contributed by atoms with Crippen molar-refractivity contribution in [3.63, 3.8) is 0 Å². The summed E-state index contributed by atoms with van der Waals surface area (Å²) in [6.07, 6.45) is 15.0. The molecule has 0 aliphatic heterocycles. The predicted octanol–water partition coefficient (Wildman–Crippen LogP) is 8.06. The largest absolute Gasteiger partial charge is 0.492 e. The normalized spacial score (nSPS) is 27.6. The molecule has 0 atom stereocenters. The summed E-state index contributed by atoms with van der Waals surface area (Å²) in [6, 6.07) is 3.33. The van der Waals surface area contributed by atoms with Gasteiger partial charge in [0.2, 0.25) is 0 Å². The lowest BCUT2D eigenvalue weighted by atomic mass is 9.69. The molecule has 0 heterocycles. The Hall–Kier alpha value is -0.960. The monoisotopic (exact) mass is 424 g/mol. The van der Waals surface area contributed by atoms with Gasteiger partial charge in [-0.05, 0) is 81.3 Å². The molecule has 0 radical (unpaired) electrons. The zero-order valence-electron chi connectivity index (χ0n) is 18.2. The minimum atomic E-state index is -0.508. The summed E-state index contributed by atoms with van der Waals surface area (Å²) in [4.78, 5) is 0. The van der Waals surface area contributed by atoms with Gasteiger partial charge in [-0.2, -0.15) is 0 Å². The first kappa shape index (κ1) is 22.7. The van der Waals surface area contributed by atoms with Crippen LogP contribution in [0.3, 0.4) is 0 Å². The first-order valence-electron chi connectivity index (χ1n) is 11.9. The summed E-state index contributed by atoms with van der Waals surface area (Å²) in [6.45, 7) is 5.19. The zero-order chi connectivity index (χ0) is 20.6. The van der Waals surface area contributed by atoms with Crippen molar-refractivity contribution in [2.45, 2.75) is 84.5 Å². The van der Waals surface area contributed by atoms with Gasteiger partial charge in [-0.1, -0.05) is 50.6 Å². The molecule has 164 valence electrons. The Morgan fingerprint density at radius 2 is 1.45 bits per heavy atom. The number of hydrogen-bond donors (Lipinski definition) is 0. The van der Waals surface area contributed by atoms with E-state index in [4.69, 9.17) is 21.1 Å². The highest BCUT2D eigenvalue weighted by Gasteiger charge is 2.31. The van der Waals surface area contributed by atoms with Gasteiger partial charge in [0.05, 0.1) is 13.2 Å². The number of ether oxygens (including phenoxy) is 2. The number of benzene rings is 1. The average molecular weight is 425 g/mol. The number of rotatable bonds is 9. The first-order chi connectivity index (χ1) is 14.1. The molecular weight excluding hydrogens is 387 g/mol. The van der Waals surface area contributed by atoms with Crippen molar-refractivity contribution >= 4 is 11.6 Å². The van der Waals surface area contributed by atoms with E-state index in [1.807, 2.05) is 6.92 Å². The highest BCUT2D eigenvalue weighted by atomic mass is 35.5. The number of unbranched alkanes of at least 4 members (excludes halogenated alkanes) is 1. The van der Waals surface area contributed by atoms with Crippen molar-refractivity contribution < 1.29 is 13.9 Å². The number of hydrogen-bond acceptors (Lipinski definition) is 2. The van der Waals surface area contributed by atoms with Crippen LogP contribution in [-0.4, -0.2) is 13.2 Å². The smallest absolute Gasteiger partial charge is 0.187 e. The van der Waals surface area contributed by atoms with E-state index in [2.05, 4.69) is 6.92 Å². The molecule has 2 nitrogen and oxygen atoms in total. The first-order valence-corrected chi connectivity index (χ1v) is 12.2. The molecular formula is C25H38ClFO2. The third kappa shape index (κ3) is 6.26. The molecule has 0 saturated heterocycles. The van der Waals surface area contributed by atoms with Gasteiger partial charge in [-0.3, -0.25) is 0 Å². The van der Waals surface area contributed by atoms with E-state index in [1.165, 1.54) is 70.6 Å². The maximum absolute atomic E-state index is 14.4. The van der Waals surface area contributed by atoms with E-state index in [-0.39, 0.29) is 10.8 Å². The Labute approximate surface area is 181 Å². The summed E-state index contributed by atoms with van der Waals surface area (Å²) in [5.41, 5.74) is 0. The molecule has 0 amide bonds. The topological polar surface area (TPSA) is 18.5 Å². The molecule has 2 fully saturated rings. The molecule has 1 aromatic carbocycles. The Bertz CT molecular complexity index is 619. The van der Waals surface area contributed by atoms with Gasteiger partial charge in [0.25, 0.3) is 0 Å². The van der Waals surface area contributed by atoms with Crippen molar-refractivity contribution in [3.8, 4) is 11.5 Å². The molecule has 1 aromatic rings. The van der Waals surface area contributed by atoms with Gasteiger partial charge in [-0.15, -0.1) is 0 Å². The van der Waals surface area contributed by atoms with Crippen LogP contribution in [0.5, 0.6) is 11.5 Å². The fraction of sp³-hybridized carbons (Fsp3) is 0.760. The van der Waals surface area contributed by atoms with Crippen molar-refractivity contribution in [2.75, 3.05) is 13.2 Å². The van der Waals surface area contributed by atoms with Gasteiger partial charge in [0.1, 0.15) is 10.8 Å². The highest BCUT2D eigenvalue weighted by Crippen LogP contribution is 2.42. The molecule has 0 bridgehead atoms. The second-order valence-electron chi connectivity index (χ2n) is 9.14. The Morgan fingerprint density at radius 3 is 2.03 bits per heavy atom. The third-order valence-corrected chi connectivity index (χ3v) is 7.55. The van der Waals surface area contributed by atoms with Crippen LogP contribution < -0.4 is 9.47 Å². The van der Waals surface area contributed by atoms with Gasteiger partial charge in [0, 0.05) is 0 Å². The van der Waals surface area contributed by atoms with Crippen LogP contribution in [0.15, 0.2) is 12.1 Å². The van der Waals surface area contributed by atoms with Gasteiger partial charge < -0.3 is 9.47 Å².